The quantitative estimate of drug-likeness (QED) is 0.689. The van der Waals surface area contributed by atoms with Gasteiger partial charge in [0, 0.05) is 25.3 Å². The maximum Gasteiger partial charge on any atom is 0.251 e. The first kappa shape index (κ1) is 15.2. The van der Waals surface area contributed by atoms with E-state index < -0.39 is 12.6 Å². The average molecular weight is 308 g/mol. The first-order chi connectivity index (χ1) is 10.7. The van der Waals surface area contributed by atoms with Gasteiger partial charge in [0.2, 0.25) is 0 Å². The van der Waals surface area contributed by atoms with Gasteiger partial charge in [0.05, 0.1) is 25.4 Å². The van der Waals surface area contributed by atoms with Crippen LogP contribution in [0.3, 0.4) is 0 Å². The molecule has 2 saturated heterocycles. The number of anilines is 1. The van der Waals surface area contributed by atoms with Crippen molar-refractivity contribution >= 4 is 11.6 Å². The molecule has 0 spiro atoms. The second-order valence-corrected chi connectivity index (χ2v) is 5.72. The maximum absolute atomic E-state index is 12.0. The predicted molar refractivity (Wildman–Crippen MR) is 80.8 cm³/mol. The highest BCUT2D eigenvalue weighted by Crippen LogP contribution is 2.22. The summed E-state index contributed by atoms with van der Waals surface area (Å²) in [6.45, 7) is 2.97. The van der Waals surface area contributed by atoms with E-state index in [9.17, 15) is 9.18 Å². The van der Waals surface area contributed by atoms with Gasteiger partial charge < -0.3 is 19.7 Å². The van der Waals surface area contributed by atoms with Crippen LogP contribution in [0.5, 0.6) is 0 Å². The summed E-state index contributed by atoms with van der Waals surface area (Å²) in [5.41, 5.74) is 2.27. The number of epoxide rings is 2. The van der Waals surface area contributed by atoms with E-state index in [-0.39, 0.29) is 0 Å². The topological polar surface area (TPSA) is 57.4 Å². The highest BCUT2D eigenvalue weighted by molar-refractivity contribution is 5.76. The third kappa shape index (κ3) is 4.68. The molecular formula is C16H21FN2O3. The molecule has 2 aliphatic heterocycles. The first-order valence-corrected chi connectivity index (χ1v) is 7.64. The highest BCUT2D eigenvalue weighted by Gasteiger charge is 2.30. The number of hydrogen-bond donors (Lipinski definition) is 1. The average Bonchev–Trinajstić information content (AvgIpc) is 3.43. The summed E-state index contributed by atoms with van der Waals surface area (Å²) >= 11 is 0. The van der Waals surface area contributed by atoms with E-state index in [1.54, 1.807) is 0 Å². The molecule has 5 nitrogen and oxygen atoms in total. The number of rotatable bonds is 9. The summed E-state index contributed by atoms with van der Waals surface area (Å²) in [5, 5.41) is 2.53. The SMILES string of the molecule is O=C(CF)NCCc1ccc(N(CC2CO2)CC2CO2)cc1. The summed E-state index contributed by atoms with van der Waals surface area (Å²) in [6, 6.07) is 8.25. The molecule has 0 saturated carbocycles. The number of benzene rings is 1. The van der Waals surface area contributed by atoms with Crippen LogP contribution in [-0.2, 0) is 20.7 Å². The molecule has 2 unspecified atom stereocenters. The number of carbonyl (C=O) groups excluding carboxylic acids is 1. The molecule has 2 atom stereocenters. The van der Waals surface area contributed by atoms with Gasteiger partial charge in [-0.1, -0.05) is 12.1 Å². The zero-order valence-corrected chi connectivity index (χ0v) is 12.5. The van der Waals surface area contributed by atoms with Crippen molar-refractivity contribution in [2.45, 2.75) is 18.6 Å². The van der Waals surface area contributed by atoms with Crippen molar-refractivity contribution in [2.75, 3.05) is 44.4 Å². The molecule has 6 heteroatoms. The van der Waals surface area contributed by atoms with Gasteiger partial charge in [0.25, 0.3) is 5.91 Å². The van der Waals surface area contributed by atoms with Crippen LogP contribution in [0.4, 0.5) is 10.1 Å². The molecule has 2 fully saturated rings. The molecule has 3 rings (SSSR count). The second-order valence-electron chi connectivity index (χ2n) is 5.72. The lowest BCUT2D eigenvalue weighted by atomic mass is 10.1. The van der Waals surface area contributed by atoms with Crippen LogP contribution in [0.2, 0.25) is 0 Å². The van der Waals surface area contributed by atoms with Crippen LogP contribution >= 0.6 is 0 Å². The zero-order chi connectivity index (χ0) is 15.4. The third-order valence-electron chi connectivity index (χ3n) is 3.81. The monoisotopic (exact) mass is 308 g/mol. The molecule has 120 valence electrons. The van der Waals surface area contributed by atoms with E-state index in [2.05, 4.69) is 22.3 Å². The Morgan fingerprint density at radius 1 is 1.18 bits per heavy atom. The van der Waals surface area contributed by atoms with Crippen LogP contribution in [0.1, 0.15) is 5.56 Å². The van der Waals surface area contributed by atoms with Crippen molar-refractivity contribution in [3.63, 3.8) is 0 Å². The van der Waals surface area contributed by atoms with Crippen molar-refractivity contribution in [1.82, 2.24) is 5.32 Å². The zero-order valence-electron chi connectivity index (χ0n) is 12.5. The van der Waals surface area contributed by atoms with Crippen LogP contribution in [0.25, 0.3) is 0 Å². The van der Waals surface area contributed by atoms with E-state index in [0.717, 1.165) is 37.6 Å². The molecule has 1 aromatic carbocycles. The summed E-state index contributed by atoms with van der Waals surface area (Å²) in [4.78, 5) is 13.1. The Bertz CT molecular complexity index is 487. The number of hydrogen-bond acceptors (Lipinski definition) is 4. The lowest BCUT2D eigenvalue weighted by molar-refractivity contribution is -0.121. The van der Waals surface area contributed by atoms with Crippen LogP contribution in [-0.4, -0.2) is 57.6 Å². The number of nitrogens with one attached hydrogen (secondary N) is 1. The van der Waals surface area contributed by atoms with Gasteiger partial charge in [-0.25, -0.2) is 4.39 Å². The van der Waals surface area contributed by atoms with Crippen LogP contribution < -0.4 is 10.2 Å². The van der Waals surface area contributed by atoms with Crippen molar-refractivity contribution in [2.24, 2.45) is 0 Å². The summed E-state index contributed by atoms with van der Waals surface area (Å²) in [7, 11) is 0. The minimum absolute atomic E-state index is 0.342. The molecular weight excluding hydrogens is 287 g/mol. The van der Waals surface area contributed by atoms with Gasteiger partial charge in [-0.05, 0) is 24.1 Å². The van der Waals surface area contributed by atoms with Crippen molar-refractivity contribution in [3.05, 3.63) is 29.8 Å². The van der Waals surface area contributed by atoms with Gasteiger partial charge in [0.15, 0.2) is 6.67 Å². The van der Waals surface area contributed by atoms with Gasteiger partial charge in [0.1, 0.15) is 0 Å². The maximum atomic E-state index is 12.0. The standard InChI is InChI=1S/C16H21FN2O3/c17-7-16(20)18-6-5-12-1-3-13(4-2-12)19(8-14-10-21-14)9-15-11-22-15/h1-4,14-15H,5-11H2,(H,18,20). The number of amides is 1. The summed E-state index contributed by atoms with van der Waals surface area (Å²) in [6.07, 6.45) is 1.38. The third-order valence-corrected chi connectivity index (χ3v) is 3.81. The molecule has 22 heavy (non-hydrogen) atoms. The van der Waals surface area contributed by atoms with Crippen molar-refractivity contribution in [1.29, 1.82) is 0 Å². The van der Waals surface area contributed by atoms with E-state index in [1.807, 2.05) is 12.1 Å². The fourth-order valence-electron chi connectivity index (χ4n) is 2.39. The van der Waals surface area contributed by atoms with E-state index >= 15 is 0 Å². The van der Waals surface area contributed by atoms with E-state index in [4.69, 9.17) is 9.47 Å². The second kappa shape index (κ2) is 7.07. The summed E-state index contributed by atoms with van der Waals surface area (Å²) in [5.74, 6) is -0.559. The smallest absolute Gasteiger partial charge is 0.251 e. The molecule has 1 amide bonds. The fourth-order valence-corrected chi connectivity index (χ4v) is 2.39. The fraction of sp³-hybridized carbons (Fsp3) is 0.562. The molecule has 0 radical (unpaired) electrons. The number of nitrogens with zero attached hydrogens (tertiary/aromatic N) is 1. The lowest BCUT2D eigenvalue weighted by Gasteiger charge is -2.23. The molecule has 2 heterocycles. The number of ether oxygens (including phenoxy) is 2. The highest BCUT2D eigenvalue weighted by atomic mass is 19.1. The Morgan fingerprint density at radius 2 is 1.77 bits per heavy atom. The number of halogens is 1. The molecule has 1 aromatic rings. The predicted octanol–water partition coefficient (Wildman–Crippen LogP) is 0.919. The van der Waals surface area contributed by atoms with Gasteiger partial charge in [-0.2, -0.15) is 0 Å². The Morgan fingerprint density at radius 3 is 2.27 bits per heavy atom. The summed E-state index contributed by atoms with van der Waals surface area (Å²) < 4.78 is 22.7. The Labute approximate surface area is 129 Å². The Balaban J connectivity index is 1.52. The van der Waals surface area contributed by atoms with E-state index in [1.165, 1.54) is 0 Å². The molecule has 0 aromatic heterocycles. The Hall–Kier alpha value is -1.66. The van der Waals surface area contributed by atoms with Gasteiger partial charge >= 0.3 is 0 Å². The van der Waals surface area contributed by atoms with Crippen molar-refractivity contribution < 1.29 is 18.7 Å². The minimum Gasteiger partial charge on any atom is -0.371 e. The molecule has 1 N–H and O–H groups in total. The van der Waals surface area contributed by atoms with Crippen LogP contribution in [0, 0.1) is 0 Å². The normalized spacial score (nSPS) is 22.2. The van der Waals surface area contributed by atoms with E-state index in [0.29, 0.717) is 25.2 Å². The molecule has 2 aliphatic rings. The van der Waals surface area contributed by atoms with Gasteiger partial charge in [-0.15, -0.1) is 0 Å². The van der Waals surface area contributed by atoms with Crippen LogP contribution in [0.15, 0.2) is 24.3 Å². The number of alkyl halides is 1. The lowest BCUT2D eigenvalue weighted by Crippen LogP contribution is -2.31. The molecule has 0 aliphatic carbocycles. The largest absolute Gasteiger partial charge is 0.371 e. The number of carbonyl (C=O) groups is 1. The first-order valence-electron chi connectivity index (χ1n) is 7.64. The minimum atomic E-state index is -0.958. The Kier molecular flexibility index (Phi) is 4.90. The van der Waals surface area contributed by atoms with Gasteiger partial charge in [-0.3, -0.25) is 4.79 Å². The van der Waals surface area contributed by atoms with Crippen molar-refractivity contribution in [3.8, 4) is 0 Å². The molecule has 0 bridgehead atoms.